The normalized spacial score (nSPS) is 10.7. The van der Waals surface area contributed by atoms with Crippen molar-refractivity contribution in [2.75, 3.05) is 18.5 Å². The molecule has 8 heteroatoms. The number of anilines is 1. The van der Waals surface area contributed by atoms with Gasteiger partial charge in [-0.15, -0.1) is 0 Å². The highest BCUT2D eigenvalue weighted by Crippen LogP contribution is 2.16. The van der Waals surface area contributed by atoms with E-state index in [1.165, 1.54) is 6.07 Å². The van der Waals surface area contributed by atoms with Crippen molar-refractivity contribution in [2.45, 2.75) is 13.8 Å². The second-order valence-corrected chi connectivity index (χ2v) is 5.91. The van der Waals surface area contributed by atoms with E-state index >= 15 is 0 Å². The standard InChI is InChI=1S/C19H18F2N4O2/c1-11-12(2)24-18(25-19(11)26)13-3-6-17(23-10-13)22-7-8-27-14-4-5-15(20)16(21)9-14/h3-6,9-10H,7-8H2,1-2H3,(H,22,23)(H,24,25,26). The SMILES string of the molecule is Cc1nc(-c2ccc(NCCOc3ccc(F)c(F)c3)nc2)[nH]c(=O)c1C. The molecule has 1 aromatic carbocycles. The molecule has 3 aromatic rings. The molecule has 0 fully saturated rings. The maximum absolute atomic E-state index is 13.1. The van der Waals surface area contributed by atoms with Crippen molar-refractivity contribution < 1.29 is 13.5 Å². The van der Waals surface area contributed by atoms with Gasteiger partial charge in [0, 0.05) is 29.1 Å². The number of aryl methyl sites for hydroxylation is 1. The number of hydrogen-bond acceptors (Lipinski definition) is 5. The fourth-order valence-electron chi connectivity index (χ4n) is 2.33. The lowest BCUT2D eigenvalue weighted by Gasteiger charge is -2.09. The molecule has 6 nitrogen and oxygen atoms in total. The molecule has 0 aliphatic carbocycles. The van der Waals surface area contributed by atoms with Crippen molar-refractivity contribution in [3.63, 3.8) is 0 Å². The molecule has 0 saturated carbocycles. The first kappa shape index (κ1) is 18.5. The van der Waals surface area contributed by atoms with Crippen molar-refractivity contribution in [3.8, 4) is 17.1 Å². The Labute approximate surface area is 154 Å². The van der Waals surface area contributed by atoms with E-state index in [1.54, 1.807) is 32.2 Å². The number of nitrogens with zero attached hydrogens (tertiary/aromatic N) is 2. The van der Waals surface area contributed by atoms with Gasteiger partial charge >= 0.3 is 0 Å². The molecule has 27 heavy (non-hydrogen) atoms. The Morgan fingerprint density at radius 3 is 2.63 bits per heavy atom. The van der Waals surface area contributed by atoms with Crippen LogP contribution in [-0.2, 0) is 0 Å². The van der Waals surface area contributed by atoms with E-state index in [4.69, 9.17) is 4.74 Å². The van der Waals surface area contributed by atoms with Gasteiger partial charge in [-0.05, 0) is 38.1 Å². The summed E-state index contributed by atoms with van der Waals surface area (Å²) in [4.78, 5) is 23.2. The predicted molar refractivity (Wildman–Crippen MR) is 97.9 cm³/mol. The number of hydrogen-bond donors (Lipinski definition) is 2. The van der Waals surface area contributed by atoms with Crippen LogP contribution in [0.3, 0.4) is 0 Å². The van der Waals surface area contributed by atoms with Gasteiger partial charge in [-0.1, -0.05) is 0 Å². The molecule has 2 aromatic heterocycles. The van der Waals surface area contributed by atoms with Gasteiger partial charge in [-0.3, -0.25) is 4.79 Å². The second kappa shape index (κ2) is 7.94. The number of pyridine rings is 1. The van der Waals surface area contributed by atoms with Crippen LogP contribution in [0, 0.1) is 25.5 Å². The van der Waals surface area contributed by atoms with Crippen molar-refractivity contribution in [1.29, 1.82) is 0 Å². The Balaban J connectivity index is 1.56. The van der Waals surface area contributed by atoms with Gasteiger partial charge in [0.1, 0.15) is 24.0 Å². The fraction of sp³-hybridized carbons (Fsp3) is 0.211. The Morgan fingerprint density at radius 2 is 1.96 bits per heavy atom. The first-order valence-corrected chi connectivity index (χ1v) is 8.29. The number of aromatic amines is 1. The average Bonchev–Trinajstić information content (AvgIpc) is 2.66. The maximum atomic E-state index is 13.1. The summed E-state index contributed by atoms with van der Waals surface area (Å²) in [6, 6.07) is 6.92. The number of rotatable bonds is 6. The van der Waals surface area contributed by atoms with Gasteiger partial charge in [-0.2, -0.15) is 0 Å². The maximum Gasteiger partial charge on any atom is 0.254 e. The molecule has 0 atom stereocenters. The fourth-order valence-corrected chi connectivity index (χ4v) is 2.33. The molecular formula is C19H18F2N4O2. The zero-order valence-corrected chi connectivity index (χ0v) is 14.8. The molecule has 0 bridgehead atoms. The number of aromatic nitrogens is 3. The van der Waals surface area contributed by atoms with Crippen LogP contribution < -0.4 is 15.6 Å². The van der Waals surface area contributed by atoms with E-state index < -0.39 is 11.6 Å². The number of H-pyrrole nitrogens is 1. The smallest absolute Gasteiger partial charge is 0.254 e. The van der Waals surface area contributed by atoms with Crippen molar-refractivity contribution in [1.82, 2.24) is 15.0 Å². The summed E-state index contributed by atoms with van der Waals surface area (Å²) in [6.07, 6.45) is 1.60. The molecule has 3 rings (SSSR count). The predicted octanol–water partition coefficient (Wildman–Crippen LogP) is 3.22. The van der Waals surface area contributed by atoms with E-state index in [0.29, 0.717) is 35.0 Å². The van der Waals surface area contributed by atoms with Gasteiger partial charge in [0.2, 0.25) is 0 Å². The van der Waals surface area contributed by atoms with Crippen molar-refractivity contribution in [2.24, 2.45) is 0 Å². The van der Waals surface area contributed by atoms with E-state index in [2.05, 4.69) is 20.3 Å². The summed E-state index contributed by atoms with van der Waals surface area (Å²) >= 11 is 0. The lowest BCUT2D eigenvalue weighted by molar-refractivity contribution is 0.329. The van der Waals surface area contributed by atoms with Crippen LogP contribution in [-0.4, -0.2) is 28.1 Å². The summed E-state index contributed by atoms with van der Waals surface area (Å²) in [6.45, 7) is 4.17. The summed E-state index contributed by atoms with van der Waals surface area (Å²) in [5.74, 6) is -0.536. The minimum atomic E-state index is -0.948. The third-order valence-corrected chi connectivity index (χ3v) is 4.00. The van der Waals surface area contributed by atoms with Crippen LogP contribution in [0.2, 0.25) is 0 Å². The van der Waals surface area contributed by atoms with E-state index in [0.717, 1.165) is 12.1 Å². The third kappa shape index (κ3) is 4.46. The highest BCUT2D eigenvalue weighted by molar-refractivity contribution is 5.56. The van der Waals surface area contributed by atoms with Crippen LogP contribution in [0.5, 0.6) is 5.75 Å². The largest absolute Gasteiger partial charge is 0.492 e. The Bertz CT molecular complexity index is 1000. The van der Waals surface area contributed by atoms with Gasteiger partial charge in [-0.25, -0.2) is 18.7 Å². The van der Waals surface area contributed by atoms with E-state index in [-0.39, 0.29) is 17.9 Å². The summed E-state index contributed by atoms with van der Waals surface area (Å²) in [5, 5.41) is 3.06. The zero-order chi connectivity index (χ0) is 19.4. The summed E-state index contributed by atoms with van der Waals surface area (Å²) in [5.41, 5.74) is 1.78. The monoisotopic (exact) mass is 372 g/mol. The zero-order valence-electron chi connectivity index (χ0n) is 14.8. The topological polar surface area (TPSA) is 79.9 Å². The highest BCUT2D eigenvalue weighted by atomic mass is 19.2. The van der Waals surface area contributed by atoms with Gasteiger partial charge in [0.15, 0.2) is 11.6 Å². The molecule has 140 valence electrons. The van der Waals surface area contributed by atoms with Gasteiger partial charge in [0.25, 0.3) is 5.56 Å². The van der Waals surface area contributed by atoms with Crippen molar-refractivity contribution in [3.05, 3.63) is 69.8 Å². The lowest BCUT2D eigenvalue weighted by Crippen LogP contribution is -2.14. The van der Waals surface area contributed by atoms with E-state index in [9.17, 15) is 13.6 Å². The highest BCUT2D eigenvalue weighted by Gasteiger charge is 2.07. The van der Waals surface area contributed by atoms with Crippen LogP contribution in [0.4, 0.5) is 14.6 Å². The van der Waals surface area contributed by atoms with Crippen LogP contribution in [0.15, 0.2) is 41.3 Å². The molecule has 0 amide bonds. The Morgan fingerprint density at radius 1 is 1.15 bits per heavy atom. The number of benzene rings is 1. The molecule has 2 N–H and O–H groups in total. The molecule has 0 spiro atoms. The number of ether oxygens (including phenoxy) is 1. The van der Waals surface area contributed by atoms with Gasteiger partial charge in [0.05, 0.1) is 6.54 Å². The minimum Gasteiger partial charge on any atom is -0.492 e. The van der Waals surface area contributed by atoms with Crippen LogP contribution in [0.1, 0.15) is 11.3 Å². The Kier molecular flexibility index (Phi) is 5.44. The minimum absolute atomic E-state index is 0.172. The first-order chi connectivity index (χ1) is 12.9. The molecular weight excluding hydrogens is 354 g/mol. The molecule has 2 heterocycles. The van der Waals surface area contributed by atoms with Crippen LogP contribution >= 0.6 is 0 Å². The number of nitrogens with one attached hydrogen (secondary N) is 2. The lowest BCUT2D eigenvalue weighted by atomic mass is 10.2. The van der Waals surface area contributed by atoms with E-state index in [1.807, 2.05) is 0 Å². The molecule has 0 aliphatic rings. The Hall–Kier alpha value is -3.29. The second-order valence-electron chi connectivity index (χ2n) is 5.91. The van der Waals surface area contributed by atoms with Crippen LogP contribution in [0.25, 0.3) is 11.4 Å². The average molecular weight is 372 g/mol. The third-order valence-electron chi connectivity index (χ3n) is 4.00. The van der Waals surface area contributed by atoms with Gasteiger partial charge < -0.3 is 15.0 Å². The molecule has 0 saturated heterocycles. The quantitative estimate of drug-likeness (QED) is 0.650. The summed E-state index contributed by atoms with van der Waals surface area (Å²) in [7, 11) is 0. The van der Waals surface area contributed by atoms with Crippen molar-refractivity contribution >= 4 is 5.82 Å². The molecule has 0 aliphatic heterocycles. The molecule has 0 unspecified atom stereocenters. The number of halogens is 2. The summed E-state index contributed by atoms with van der Waals surface area (Å²) < 4.78 is 31.3. The first-order valence-electron chi connectivity index (χ1n) is 8.29. The molecule has 0 radical (unpaired) electrons.